The number of hydrogen-bond donors (Lipinski definition) is 0. The Hall–Kier alpha value is 0.709. The number of rotatable bonds is 0. The van der Waals surface area contributed by atoms with Crippen LogP contribution in [0.1, 0.15) is 25.7 Å². The molecule has 0 amide bonds. The van der Waals surface area contributed by atoms with Gasteiger partial charge in [0.05, 0.1) is 0 Å². The topological polar surface area (TPSA) is 0 Å². The Morgan fingerprint density at radius 3 is 1.64 bits per heavy atom. The SMILES string of the molecule is C1=CCCCCC=C1.[Cl][Ir][Cl]. The Labute approximate surface area is 84.6 Å². The van der Waals surface area contributed by atoms with E-state index in [1.807, 2.05) is 0 Å². The van der Waals surface area contributed by atoms with Crippen LogP contribution in [0.5, 0.6) is 0 Å². The van der Waals surface area contributed by atoms with Gasteiger partial charge in [0.1, 0.15) is 0 Å². The minimum absolute atomic E-state index is 0.556. The molecule has 0 aromatic heterocycles. The summed E-state index contributed by atoms with van der Waals surface area (Å²) in [7, 11) is 9.78. The van der Waals surface area contributed by atoms with Crippen molar-refractivity contribution >= 4 is 19.2 Å². The van der Waals surface area contributed by atoms with E-state index in [4.69, 9.17) is 19.2 Å². The van der Waals surface area contributed by atoms with Gasteiger partial charge >= 0.3 is 34.8 Å². The average Bonchev–Trinajstić information content (AvgIpc) is 1.86. The van der Waals surface area contributed by atoms with E-state index in [1.165, 1.54) is 25.7 Å². The first-order valence-corrected chi connectivity index (χ1v) is 9.50. The molecule has 1 aliphatic rings. The average molecular weight is 371 g/mol. The Morgan fingerprint density at radius 2 is 1.27 bits per heavy atom. The van der Waals surface area contributed by atoms with Gasteiger partial charge in [-0.1, -0.05) is 24.3 Å². The van der Waals surface area contributed by atoms with E-state index in [9.17, 15) is 0 Å². The summed E-state index contributed by atoms with van der Waals surface area (Å²) < 4.78 is 0. The van der Waals surface area contributed by atoms with E-state index in [1.54, 1.807) is 0 Å². The van der Waals surface area contributed by atoms with Crippen LogP contribution in [0.15, 0.2) is 24.3 Å². The molecule has 0 nitrogen and oxygen atoms in total. The number of hydrogen-bond acceptors (Lipinski definition) is 0. The van der Waals surface area contributed by atoms with Gasteiger partial charge in [0.25, 0.3) is 0 Å². The molecule has 0 bridgehead atoms. The molecule has 0 radical (unpaired) electrons. The fourth-order valence-corrected chi connectivity index (χ4v) is 0.874. The minimum atomic E-state index is -0.556. The van der Waals surface area contributed by atoms with Gasteiger partial charge in [-0.2, -0.15) is 0 Å². The van der Waals surface area contributed by atoms with Crippen molar-refractivity contribution in [2.45, 2.75) is 25.7 Å². The molecule has 0 saturated carbocycles. The van der Waals surface area contributed by atoms with E-state index >= 15 is 0 Å². The molecule has 3 heteroatoms. The zero-order chi connectivity index (χ0) is 8.36. The second kappa shape index (κ2) is 10.7. The van der Waals surface area contributed by atoms with Gasteiger partial charge in [0.15, 0.2) is 0 Å². The van der Waals surface area contributed by atoms with Gasteiger partial charge in [-0.15, -0.1) is 0 Å². The number of allylic oxidation sites excluding steroid dienone is 4. The van der Waals surface area contributed by atoms with Crippen LogP contribution >= 0.6 is 19.2 Å². The Balaban J connectivity index is 0.000000292. The van der Waals surface area contributed by atoms with E-state index < -0.39 is 15.7 Å². The first-order chi connectivity index (χ1) is 5.41. The number of halogens is 2. The second-order valence-electron chi connectivity index (χ2n) is 2.19. The Morgan fingerprint density at radius 1 is 0.909 bits per heavy atom. The fraction of sp³-hybridized carbons (Fsp3) is 0.500. The van der Waals surface area contributed by atoms with Crippen LogP contribution in [-0.2, 0) is 15.7 Å². The molecule has 0 saturated heterocycles. The standard InChI is InChI=1S/C8H12.2ClH.Ir/c1-2-4-6-8-7-5-3-1;;;/h1-4H,5-8H2;2*1H;/q;;;+2/p-2. The molecule has 0 atom stereocenters. The van der Waals surface area contributed by atoms with Gasteiger partial charge in [-0.3, -0.25) is 0 Å². The summed E-state index contributed by atoms with van der Waals surface area (Å²) in [5.41, 5.74) is 0. The summed E-state index contributed by atoms with van der Waals surface area (Å²) in [6.07, 6.45) is 14.0. The van der Waals surface area contributed by atoms with Crippen molar-refractivity contribution < 1.29 is 15.7 Å². The fourth-order valence-electron chi connectivity index (χ4n) is 0.874. The molecule has 0 N–H and O–H groups in total. The first-order valence-electron chi connectivity index (χ1n) is 3.57. The molecule has 1 rings (SSSR count). The molecular formula is C8H12Cl2Ir. The predicted molar refractivity (Wildman–Crippen MR) is 48.5 cm³/mol. The van der Waals surface area contributed by atoms with E-state index in [2.05, 4.69) is 24.3 Å². The molecule has 67 valence electrons. The van der Waals surface area contributed by atoms with Crippen LogP contribution in [-0.4, -0.2) is 0 Å². The van der Waals surface area contributed by atoms with Gasteiger partial charge in [-0.05, 0) is 25.7 Å². The summed E-state index contributed by atoms with van der Waals surface area (Å²) in [4.78, 5) is 0. The van der Waals surface area contributed by atoms with Gasteiger partial charge in [0, 0.05) is 0 Å². The monoisotopic (exact) mass is 371 g/mol. The van der Waals surface area contributed by atoms with Crippen LogP contribution in [0.2, 0.25) is 0 Å². The summed E-state index contributed by atoms with van der Waals surface area (Å²) in [6, 6.07) is 0. The molecular weight excluding hydrogens is 359 g/mol. The quantitative estimate of drug-likeness (QED) is 0.603. The first kappa shape index (κ1) is 11.7. The van der Waals surface area contributed by atoms with Crippen molar-refractivity contribution in [3.8, 4) is 0 Å². The molecule has 0 fully saturated rings. The van der Waals surface area contributed by atoms with Crippen molar-refractivity contribution in [1.82, 2.24) is 0 Å². The van der Waals surface area contributed by atoms with Crippen LogP contribution in [0.4, 0.5) is 0 Å². The maximum atomic E-state index is 4.89. The van der Waals surface area contributed by atoms with Crippen molar-refractivity contribution in [2.24, 2.45) is 0 Å². The van der Waals surface area contributed by atoms with Crippen molar-refractivity contribution in [3.63, 3.8) is 0 Å². The van der Waals surface area contributed by atoms with Crippen LogP contribution in [0, 0.1) is 0 Å². The third-order valence-corrected chi connectivity index (χ3v) is 1.37. The molecule has 11 heavy (non-hydrogen) atoms. The summed E-state index contributed by atoms with van der Waals surface area (Å²) in [5, 5.41) is 0. The summed E-state index contributed by atoms with van der Waals surface area (Å²) in [5.74, 6) is 0. The molecule has 0 aliphatic heterocycles. The molecule has 0 heterocycles. The van der Waals surface area contributed by atoms with E-state index in [0.29, 0.717) is 0 Å². The van der Waals surface area contributed by atoms with Gasteiger partial charge < -0.3 is 0 Å². The Bertz CT molecular complexity index is 107. The zero-order valence-corrected chi connectivity index (χ0v) is 10.1. The van der Waals surface area contributed by atoms with Crippen molar-refractivity contribution in [2.75, 3.05) is 0 Å². The van der Waals surface area contributed by atoms with Crippen molar-refractivity contribution in [1.29, 1.82) is 0 Å². The van der Waals surface area contributed by atoms with Crippen LogP contribution in [0.3, 0.4) is 0 Å². The normalized spacial score (nSPS) is 16.5. The molecule has 0 aromatic carbocycles. The third kappa shape index (κ3) is 10.7. The van der Waals surface area contributed by atoms with Crippen LogP contribution in [0.25, 0.3) is 0 Å². The van der Waals surface area contributed by atoms with Crippen LogP contribution < -0.4 is 0 Å². The maximum absolute atomic E-state index is 4.89. The molecule has 0 spiro atoms. The van der Waals surface area contributed by atoms with Gasteiger partial charge in [-0.25, -0.2) is 0 Å². The summed E-state index contributed by atoms with van der Waals surface area (Å²) >= 11 is -0.556. The summed E-state index contributed by atoms with van der Waals surface area (Å²) in [6.45, 7) is 0. The third-order valence-electron chi connectivity index (χ3n) is 1.37. The predicted octanol–water partition coefficient (Wildman–Crippen LogP) is 4.05. The zero-order valence-electron chi connectivity index (χ0n) is 6.23. The van der Waals surface area contributed by atoms with Gasteiger partial charge in [0.2, 0.25) is 0 Å². The second-order valence-corrected chi connectivity index (χ2v) is 5.65. The Kier molecular flexibility index (Phi) is 11.4. The van der Waals surface area contributed by atoms with E-state index in [0.717, 1.165) is 0 Å². The van der Waals surface area contributed by atoms with E-state index in [-0.39, 0.29) is 0 Å². The molecule has 0 unspecified atom stereocenters. The van der Waals surface area contributed by atoms with Crippen molar-refractivity contribution in [3.05, 3.63) is 24.3 Å². The molecule has 0 aromatic rings. The molecule has 1 aliphatic carbocycles.